The molecule has 2 aromatic carbocycles. The summed E-state index contributed by atoms with van der Waals surface area (Å²) in [5.74, 6) is -2.06. The number of piperidine rings is 1. The Labute approximate surface area is 295 Å². The van der Waals surface area contributed by atoms with Crippen molar-refractivity contribution in [3.05, 3.63) is 59.2 Å². The number of unbranched alkanes of at least 4 members (excludes halogenated alkanes) is 8. The molecule has 1 atom stereocenters. The van der Waals surface area contributed by atoms with Gasteiger partial charge in [0.1, 0.15) is 6.04 Å². The third-order valence-electron chi connectivity index (χ3n) is 9.91. The molecular weight excluding hydrogens is 634 g/mol. The molecule has 0 bridgehead atoms. The van der Waals surface area contributed by atoms with Crippen LogP contribution in [0, 0.1) is 0 Å². The third kappa shape index (κ3) is 9.69. The molecule has 2 fully saturated rings. The minimum Gasteiger partial charge on any atom is -0.384 e. The number of imide groups is 2. The van der Waals surface area contributed by atoms with E-state index in [-0.39, 0.29) is 24.7 Å². The van der Waals surface area contributed by atoms with Crippen molar-refractivity contribution in [2.75, 3.05) is 56.0 Å². The van der Waals surface area contributed by atoms with Crippen LogP contribution in [0.2, 0.25) is 0 Å². The molecule has 0 radical (unpaired) electrons. The number of piperazine rings is 1. The Balaban J connectivity index is 0.917. The summed E-state index contributed by atoms with van der Waals surface area (Å²) in [6, 6.07) is 12.1. The van der Waals surface area contributed by atoms with E-state index in [9.17, 15) is 24.0 Å². The van der Waals surface area contributed by atoms with Crippen LogP contribution in [0.1, 0.15) is 115 Å². The van der Waals surface area contributed by atoms with Gasteiger partial charge in [-0.3, -0.25) is 44.5 Å². The number of nitrogens with one attached hydrogen (secondary N) is 4. The maximum Gasteiger partial charge on any atom is 0.265 e. The van der Waals surface area contributed by atoms with Gasteiger partial charge in [0.15, 0.2) is 0 Å². The Morgan fingerprint density at radius 2 is 1.50 bits per heavy atom. The van der Waals surface area contributed by atoms with Gasteiger partial charge in [0.25, 0.3) is 17.7 Å². The molecule has 50 heavy (non-hydrogen) atoms. The van der Waals surface area contributed by atoms with Gasteiger partial charge < -0.3 is 10.2 Å². The SMILES string of the molecule is CCCCCCNNC(=O)c1ccc(N2CCN(CCCCCCCCNc3cccc4c3C(=O)N(C3CCC(=O)NC3=O)C4=O)CC2)cc1. The van der Waals surface area contributed by atoms with Gasteiger partial charge in [-0.05, 0) is 68.6 Å². The molecule has 5 amide bonds. The van der Waals surface area contributed by atoms with Gasteiger partial charge in [0.2, 0.25) is 11.8 Å². The lowest BCUT2D eigenvalue weighted by atomic mass is 10.0. The average molecular weight is 688 g/mol. The number of hydrogen-bond acceptors (Lipinski definition) is 9. The van der Waals surface area contributed by atoms with Crippen molar-refractivity contribution in [2.24, 2.45) is 0 Å². The topological polar surface area (TPSA) is 143 Å². The number of amides is 5. The smallest absolute Gasteiger partial charge is 0.265 e. The lowest BCUT2D eigenvalue weighted by Crippen LogP contribution is -2.54. The highest BCUT2D eigenvalue weighted by molar-refractivity contribution is 6.25. The largest absolute Gasteiger partial charge is 0.384 e. The average Bonchev–Trinajstić information content (AvgIpc) is 3.38. The minimum atomic E-state index is -0.963. The van der Waals surface area contributed by atoms with Gasteiger partial charge in [-0.15, -0.1) is 0 Å². The Bertz CT molecular complexity index is 1490. The zero-order valence-corrected chi connectivity index (χ0v) is 29.4. The van der Waals surface area contributed by atoms with E-state index in [0.717, 1.165) is 75.5 Å². The van der Waals surface area contributed by atoms with E-state index in [0.29, 0.717) is 28.9 Å². The van der Waals surface area contributed by atoms with Gasteiger partial charge in [-0.2, -0.15) is 0 Å². The van der Waals surface area contributed by atoms with Crippen LogP contribution < -0.4 is 26.4 Å². The van der Waals surface area contributed by atoms with Crippen LogP contribution in [-0.2, 0) is 9.59 Å². The maximum atomic E-state index is 13.3. The van der Waals surface area contributed by atoms with Crippen LogP contribution in [0.3, 0.4) is 0 Å². The Kier molecular flexibility index (Phi) is 13.8. The summed E-state index contributed by atoms with van der Waals surface area (Å²) >= 11 is 0. The highest BCUT2D eigenvalue weighted by Crippen LogP contribution is 2.32. The van der Waals surface area contributed by atoms with Gasteiger partial charge in [-0.1, -0.05) is 57.9 Å². The fourth-order valence-electron chi connectivity index (χ4n) is 6.96. The number of anilines is 2. The van der Waals surface area contributed by atoms with E-state index in [2.05, 4.69) is 38.2 Å². The molecule has 12 heteroatoms. The van der Waals surface area contributed by atoms with Crippen molar-refractivity contribution in [1.29, 1.82) is 0 Å². The Morgan fingerprint density at radius 3 is 2.24 bits per heavy atom. The van der Waals surface area contributed by atoms with Crippen LogP contribution in [0.25, 0.3) is 0 Å². The summed E-state index contributed by atoms with van der Waals surface area (Å²) in [4.78, 5) is 68.6. The van der Waals surface area contributed by atoms with E-state index in [1.807, 2.05) is 24.3 Å². The molecule has 12 nitrogen and oxygen atoms in total. The van der Waals surface area contributed by atoms with Gasteiger partial charge in [0, 0.05) is 62.6 Å². The van der Waals surface area contributed by atoms with E-state index < -0.39 is 23.8 Å². The molecule has 3 aliphatic rings. The number of hydrogen-bond donors (Lipinski definition) is 4. The van der Waals surface area contributed by atoms with Crippen molar-refractivity contribution in [1.82, 2.24) is 26.0 Å². The Morgan fingerprint density at radius 1 is 0.800 bits per heavy atom. The molecule has 4 N–H and O–H groups in total. The number of carbonyl (C=O) groups excluding carboxylic acids is 5. The molecule has 0 spiro atoms. The molecule has 2 aromatic rings. The van der Waals surface area contributed by atoms with Crippen molar-refractivity contribution < 1.29 is 24.0 Å². The van der Waals surface area contributed by atoms with Crippen LogP contribution in [0.15, 0.2) is 42.5 Å². The second kappa shape index (κ2) is 18.6. The first-order valence-corrected chi connectivity index (χ1v) is 18.6. The predicted octanol–water partition coefficient (Wildman–Crippen LogP) is 4.48. The normalized spacial score (nSPS) is 18.0. The zero-order chi connectivity index (χ0) is 35.3. The second-order valence-corrected chi connectivity index (χ2v) is 13.5. The van der Waals surface area contributed by atoms with Gasteiger partial charge in [-0.25, -0.2) is 5.43 Å². The first kappa shape index (κ1) is 37.0. The van der Waals surface area contributed by atoms with E-state index >= 15 is 0 Å². The van der Waals surface area contributed by atoms with Crippen molar-refractivity contribution in [3.63, 3.8) is 0 Å². The molecule has 0 aliphatic carbocycles. The fraction of sp³-hybridized carbons (Fsp3) is 0.553. The molecule has 0 aromatic heterocycles. The molecule has 0 saturated carbocycles. The molecular formula is C38H53N7O5. The van der Waals surface area contributed by atoms with E-state index in [1.165, 1.54) is 38.5 Å². The molecule has 3 heterocycles. The summed E-state index contributed by atoms with van der Waals surface area (Å²) in [7, 11) is 0. The molecule has 270 valence electrons. The fourth-order valence-corrected chi connectivity index (χ4v) is 6.96. The monoisotopic (exact) mass is 687 g/mol. The highest BCUT2D eigenvalue weighted by Gasteiger charge is 2.45. The molecule has 2 saturated heterocycles. The summed E-state index contributed by atoms with van der Waals surface area (Å²) in [5, 5.41) is 5.57. The van der Waals surface area contributed by atoms with Gasteiger partial charge >= 0.3 is 0 Å². The first-order chi connectivity index (χ1) is 24.4. The number of rotatable bonds is 19. The van der Waals surface area contributed by atoms with Crippen LogP contribution in [0.4, 0.5) is 11.4 Å². The quantitative estimate of drug-likeness (QED) is 0.0956. The standard InChI is InChI=1S/C38H53N7O5/c1-2-3-4-10-22-40-42-35(47)28-15-17-29(18-16-28)44-26-24-43(25-27-44)23-11-8-6-5-7-9-21-39-31-14-12-13-30-34(31)38(50)45(37(30)49)32-19-20-33(46)41-36(32)48/h12-18,32,39-40H,2-11,19-27H2,1H3,(H,42,47)(H,41,46,48). The van der Waals surface area contributed by atoms with Crippen LogP contribution in [0.5, 0.6) is 0 Å². The highest BCUT2D eigenvalue weighted by atomic mass is 16.2. The maximum absolute atomic E-state index is 13.3. The number of hydrazine groups is 1. The minimum absolute atomic E-state index is 0.0957. The summed E-state index contributed by atoms with van der Waals surface area (Å²) < 4.78 is 0. The number of carbonyl (C=O) groups is 5. The predicted molar refractivity (Wildman–Crippen MR) is 194 cm³/mol. The second-order valence-electron chi connectivity index (χ2n) is 13.5. The third-order valence-corrected chi connectivity index (χ3v) is 9.91. The molecule has 3 aliphatic heterocycles. The molecule has 1 unspecified atom stereocenters. The number of benzene rings is 2. The van der Waals surface area contributed by atoms with Crippen LogP contribution in [-0.4, -0.2) is 91.2 Å². The number of fused-ring (bicyclic) bond motifs is 1. The van der Waals surface area contributed by atoms with Gasteiger partial charge in [0.05, 0.1) is 11.1 Å². The van der Waals surface area contributed by atoms with Crippen LogP contribution >= 0.6 is 0 Å². The summed E-state index contributed by atoms with van der Waals surface area (Å²) in [6.07, 6.45) is 11.6. The Hall–Kier alpha value is -4.29. The van der Waals surface area contributed by atoms with Crippen molar-refractivity contribution >= 4 is 40.9 Å². The lowest BCUT2D eigenvalue weighted by Gasteiger charge is -2.36. The summed E-state index contributed by atoms with van der Waals surface area (Å²) in [5.41, 5.74) is 8.87. The number of nitrogens with zero attached hydrogens (tertiary/aromatic N) is 3. The van der Waals surface area contributed by atoms with Crippen molar-refractivity contribution in [2.45, 2.75) is 90.0 Å². The molecule has 5 rings (SSSR count). The first-order valence-electron chi connectivity index (χ1n) is 18.6. The van der Waals surface area contributed by atoms with Crippen molar-refractivity contribution in [3.8, 4) is 0 Å². The lowest BCUT2D eigenvalue weighted by molar-refractivity contribution is -0.136. The van der Waals surface area contributed by atoms with E-state index in [1.54, 1.807) is 18.2 Å². The zero-order valence-electron chi connectivity index (χ0n) is 29.4. The summed E-state index contributed by atoms with van der Waals surface area (Å²) in [6.45, 7) is 8.82. The van der Waals surface area contributed by atoms with E-state index in [4.69, 9.17) is 0 Å².